The first-order valence-electron chi connectivity index (χ1n) is 8.11. The number of carbonyl (C=O) groups is 1. The molecule has 8 heteroatoms. The molecule has 1 heterocycles. The Kier molecular flexibility index (Phi) is 5.69. The zero-order valence-corrected chi connectivity index (χ0v) is 14.9. The van der Waals surface area contributed by atoms with Crippen molar-refractivity contribution in [3.63, 3.8) is 0 Å². The number of carbonyl (C=O) groups excluding carboxylic acids is 1. The summed E-state index contributed by atoms with van der Waals surface area (Å²) >= 11 is 6.12. The van der Waals surface area contributed by atoms with Crippen LogP contribution in [0.3, 0.4) is 0 Å². The number of rotatable bonds is 6. The molecule has 0 radical (unpaired) electrons. The lowest BCUT2D eigenvalue weighted by Crippen LogP contribution is -2.29. The minimum absolute atomic E-state index is 0.0534. The molecule has 3 aromatic rings. The lowest BCUT2D eigenvalue weighted by atomic mass is 10.2. The molecule has 3 rings (SSSR count). The summed E-state index contributed by atoms with van der Waals surface area (Å²) in [6, 6.07) is 14.9. The molecule has 6 nitrogen and oxygen atoms in total. The van der Waals surface area contributed by atoms with Crippen LogP contribution in [0.5, 0.6) is 0 Å². The third-order valence-electron chi connectivity index (χ3n) is 3.77. The summed E-state index contributed by atoms with van der Waals surface area (Å²) in [7, 11) is 0. The van der Waals surface area contributed by atoms with E-state index in [9.17, 15) is 9.18 Å². The van der Waals surface area contributed by atoms with Crippen LogP contribution >= 0.6 is 11.6 Å². The molecule has 0 aliphatic rings. The maximum atomic E-state index is 13.5. The van der Waals surface area contributed by atoms with Crippen molar-refractivity contribution in [2.24, 2.45) is 0 Å². The van der Waals surface area contributed by atoms with Gasteiger partial charge in [0.05, 0.1) is 16.4 Å². The highest BCUT2D eigenvalue weighted by Gasteiger charge is 2.11. The number of hydrogen-bond donors (Lipinski definition) is 2. The topological polar surface area (TPSA) is 82.7 Å². The Bertz CT molecular complexity index is 1010. The van der Waals surface area contributed by atoms with Crippen molar-refractivity contribution in [3.05, 3.63) is 76.8 Å². The SMILES string of the molecule is N#Cc1c(F)cccc1NCCNC(=O)c1ccn(-c2ccccc2Cl)n1. The molecule has 2 N–H and O–H groups in total. The van der Waals surface area contributed by atoms with Gasteiger partial charge in [-0.2, -0.15) is 10.4 Å². The van der Waals surface area contributed by atoms with Crippen LogP contribution < -0.4 is 10.6 Å². The quantitative estimate of drug-likeness (QED) is 0.639. The zero-order chi connectivity index (χ0) is 19.2. The summed E-state index contributed by atoms with van der Waals surface area (Å²) in [6.07, 6.45) is 1.65. The van der Waals surface area contributed by atoms with E-state index in [1.54, 1.807) is 30.5 Å². The van der Waals surface area contributed by atoms with E-state index in [1.807, 2.05) is 18.2 Å². The fourth-order valence-corrected chi connectivity index (χ4v) is 2.69. The summed E-state index contributed by atoms with van der Waals surface area (Å²) in [5.74, 6) is -0.931. The van der Waals surface area contributed by atoms with Crippen LogP contribution in [0.4, 0.5) is 10.1 Å². The lowest BCUT2D eigenvalue weighted by molar-refractivity contribution is 0.0950. The van der Waals surface area contributed by atoms with Gasteiger partial charge < -0.3 is 10.6 Å². The molecule has 0 aliphatic carbocycles. The van der Waals surface area contributed by atoms with Crippen LogP contribution in [0.2, 0.25) is 5.02 Å². The Hall–Kier alpha value is -3.37. The minimum Gasteiger partial charge on any atom is -0.382 e. The molecule has 0 atom stereocenters. The van der Waals surface area contributed by atoms with Crippen LogP contribution in [0.1, 0.15) is 16.1 Å². The fraction of sp³-hybridized carbons (Fsp3) is 0.105. The minimum atomic E-state index is -0.586. The number of amides is 1. The third kappa shape index (κ3) is 4.25. The second-order valence-corrected chi connectivity index (χ2v) is 5.96. The molecular weight excluding hydrogens is 369 g/mol. The highest BCUT2D eigenvalue weighted by Crippen LogP contribution is 2.19. The number of halogens is 2. The highest BCUT2D eigenvalue weighted by atomic mass is 35.5. The summed E-state index contributed by atoms with van der Waals surface area (Å²) in [5.41, 5.74) is 1.26. The lowest BCUT2D eigenvalue weighted by Gasteiger charge is -2.09. The van der Waals surface area contributed by atoms with Gasteiger partial charge in [0.25, 0.3) is 5.91 Å². The van der Waals surface area contributed by atoms with E-state index < -0.39 is 5.82 Å². The standard InChI is InChI=1S/C19H15ClFN5O/c20-14-4-1-2-7-18(14)26-11-8-17(25-26)19(27)24-10-9-23-16-6-3-5-15(21)13(16)12-22/h1-8,11,23H,9-10H2,(H,24,27). The first kappa shape index (κ1) is 18.4. The molecule has 2 aromatic carbocycles. The summed E-state index contributed by atoms with van der Waals surface area (Å²) in [4.78, 5) is 12.2. The van der Waals surface area contributed by atoms with Gasteiger partial charge in [-0.15, -0.1) is 0 Å². The number of nitrogens with one attached hydrogen (secondary N) is 2. The number of para-hydroxylation sites is 1. The van der Waals surface area contributed by atoms with E-state index in [2.05, 4.69) is 15.7 Å². The third-order valence-corrected chi connectivity index (χ3v) is 4.09. The van der Waals surface area contributed by atoms with Crippen LogP contribution in [0.25, 0.3) is 5.69 Å². The van der Waals surface area contributed by atoms with Crippen molar-refractivity contribution < 1.29 is 9.18 Å². The Morgan fingerprint density at radius 2 is 2.00 bits per heavy atom. The van der Waals surface area contributed by atoms with E-state index in [0.29, 0.717) is 22.9 Å². The smallest absolute Gasteiger partial charge is 0.271 e. The summed E-state index contributed by atoms with van der Waals surface area (Å²) < 4.78 is 15.1. The Morgan fingerprint density at radius 1 is 1.19 bits per heavy atom. The molecule has 0 saturated carbocycles. The molecule has 0 spiro atoms. The first-order valence-corrected chi connectivity index (χ1v) is 8.49. The van der Waals surface area contributed by atoms with Crippen molar-refractivity contribution in [2.45, 2.75) is 0 Å². The molecule has 0 bridgehead atoms. The van der Waals surface area contributed by atoms with Crippen molar-refractivity contribution in [1.82, 2.24) is 15.1 Å². The molecule has 1 amide bonds. The van der Waals surface area contributed by atoms with E-state index in [1.165, 1.54) is 16.8 Å². The number of nitrogens with zero attached hydrogens (tertiary/aromatic N) is 3. The average Bonchev–Trinajstić information content (AvgIpc) is 3.15. The van der Waals surface area contributed by atoms with Gasteiger partial charge in [0.1, 0.15) is 17.4 Å². The van der Waals surface area contributed by atoms with Gasteiger partial charge in [0.2, 0.25) is 0 Å². The molecule has 1 aromatic heterocycles. The largest absolute Gasteiger partial charge is 0.382 e. The van der Waals surface area contributed by atoms with Gasteiger partial charge in [0.15, 0.2) is 5.69 Å². The van der Waals surface area contributed by atoms with E-state index in [0.717, 1.165) is 0 Å². The van der Waals surface area contributed by atoms with Crippen LogP contribution in [-0.2, 0) is 0 Å². The molecule has 27 heavy (non-hydrogen) atoms. The van der Waals surface area contributed by atoms with Crippen molar-refractivity contribution in [2.75, 3.05) is 18.4 Å². The van der Waals surface area contributed by atoms with Crippen LogP contribution in [0.15, 0.2) is 54.7 Å². The Labute approximate surface area is 160 Å². The van der Waals surface area contributed by atoms with Crippen LogP contribution in [-0.4, -0.2) is 28.8 Å². The van der Waals surface area contributed by atoms with Gasteiger partial charge in [0, 0.05) is 19.3 Å². The number of anilines is 1. The predicted molar refractivity (Wildman–Crippen MR) is 101 cm³/mol. The second kappa shape index (κ2) is 8.34. The van der Waals surface area contributed by atoms with E-state index >= 15 is 0 Å². The normalized spacial score (nSPS) is 10.3. The molecule has 0 saturated heterocycles. The van der Waals surface area contributed by atoms with Gasteiger partial charge in [-0.3, -0.25) is 4.79 Å². The van der Waals surface area contributed by atoms with Crippen LogP contribution in [0, 0.1) is 17.1 Å². The van der Waals surface area contributed by atoms with Gasteiger partial charge in [-0.1, -0.05) is 29.8 Å². The van der Waals surface area contributed by atoms with E-state index in [4.69, 9.17) is 16.9 Å². The van der Waals surface area contributed by atoms with Crippen molar-refractivity contribution in [1.29, 1.82) is 5.26 Å². The summed E-state index contributed by atoms with van der Waals surface area (Å²) in [6.45, 7) is 0.605. The number of nitriles is 1. The van der Waals surface area contributed by atoms with Gasteiger partial charge in [-0.25, -0.2) is 9.07 Å². The molecule has 136 valence electrons. The van der Waals surface area contributed by atoms with Crippen molar-refractivity contribution >= 4 is 23.2 Å². The maximum Gasteiger partial charge on any atom is 0.271 e. The number of benzene rings is 2. The monoisotopic (exact) mass is 383 g/mol. The van der Waals surface area contributed by atoms with Gasteiger partial charge >= 0.3 is 0 Å². The molecular formula is C19H15ClFN5O. The fourth-order valence-electron chi connectivity index (χ4n) is 2.47. The summed E-state index contributed by atoms with van der Waals surface area (Å²) in [5, 5.41) is 19.4. The second-order valence-electron chi connectivity index (χ2n) is 5.55. The van der Waals surface area contributed by atoms with E-state index in [-0.39, 0.29) is 23.7 Å². The molecule has 0 unspecified atom stereocenters. The number of hydrogen-bond acceptors (Lipinski definition) is 4. The Balaban J connectivity index is 1.56. The van der Waals surface area contributed by atoms with Crippen molar-refractivity contribution in [3.8, 4) is 11.8 Å². The van der Waals surface area contributed by atoms with Gasteiger partial charge in [-0.05, 0) is 30.3 Å². The zero-order valence-electron chi connectivity index (χ0n) is 14.1. The maximum absolute atomic E-state index is 13.5. The molecule has 0 fully saturated rings. The predicted octanol–water partition coefficient (Wildman–Crippen LogP) is 3.38. The highest BCUT2D eigenvalue weighted by molar-refractivity contribution is 6.32. The first-order chi connectivity index (χ1) is 13.1. The average molecular weight is 384 g/mol. The Morgan fingerprint density at radius 3 is 2.78 bits per heavy atom. The molecule has 0 aliphatic heterocycles. The number of aromatic nitrogens is 2.